The highest BCUT2D eigenvalue weighted by atomic mass is 16.6. The quantitative estimate of drug-likeness (QED) is 0.782. The average Bonchev–Trinajstić information content (AvgIpc) is 2.38. The van der Waals surface area contributed by atoms with Crippen molar-refractivity contribution < 1.29 is 19.0 Å². The van der Waals surface area contributed by atoms with Crippen molar-refractivity contribution in [3.8, 4) is 0 Å². The molecule has 0 aromatic heterocycles. The van der Waals surface area contributed by atoms with Crippen LogP contribution in [-0.2, 0) is 25.6 Å². The molecule has 0 aliphatic carbocycles. The SMILES string of the molecule is CC(=O)O[C@H]1C=CO[C@@H](C)[C@@H]1OCc1ccccc1. The largest absolute Gasteiger partial charge is 0.496 e. The number of hydrogen-bond donors (Lipinski definition) is 0. The zero-order chi connectivity index (χ0) is 13.7. The van der Waals surface area contributed by atoms with Gasteiger partial charge >= 0.3 is 5.97 Å². The van der Waals surface area contributed by atoms with Gasteiger partial charge in [-0.2, -0.15) is 0 Å². The fraction of sp³-hybridized carbons (Fsp3) is 0.400. The summed E-state index contributed by atoms with van der Waals surface area (Å²) >= 11 is 0. The van der Waals surface area contributed by atoms with Gasteiger partial charge in [0, 0.05) is 6.92 Å². The van der Waals surface area contributed by atoms with E-state index in [1.165, 1.54) is 6.92 Å². The highest BCUT2D eigenvalue weighted by Crippen LogP contribution is 2.20. The van der Waals surface area contributed by atoms with Crippen LogP contribution in [0.3, 0.4) is 0 Å². The number of carbonyl (C=O) groups is 1. The van der Waals surface area contributed by atoms with E-state index in [9.17, 15) is 4.79 Å². The average molecular weight is 262 g/mol. The van der Waals surface area contributed by atoms with Crippen molar-refractivity contribution >= 4 is 5.97 Å². The molecule has 2 rings (SSSR count). The summed E-state index contributed by atoms with van der Waals surface area (Å²) in [5.41, 5.74) is 1.07. The molecule has 0 saturated carbocycles. The molecular formula is C15H18O4. The molecule has 102 valence electrons. The van der Waals surface area contributed by atoms with Gasteiger partial charge in [0.25, 0.3) is 0 Å². The Balaban J connectivity index is 1.98. The van der Waals surface area contributed by atoms with Crippen LogP contribution in [0.15, 0.2) is 42.7 Å². The lowest BCUT2D eigenvalue weighted by Gasteiger charge is -2.32. The molecule has 0 radical (unpaired) electrons. The Bertz CT molecular complexity index is 441. The van der Waals surface area contributed by atoms with Crippen molar-refractivity contribution in [3.63, 3.8) is 0 Å². The molecule has 0 saturated heterocycles. The molecule has 1 aromatic rings. The first kappa shape index (κ1) is 13.6. The second-order valence-corrected chi connectivity index (χ2v) is 4.51. The molecule has 1 aliphatic heterocycles. The Morgan fingerprint density at radius 3 is 2.74 bits per heavy atom. The lowest BCUT2D eigenvalue weighted by atomic mass is 10.1. The van der Waals surface area contributed by atoms with Crippen LogP contribution < -0.4 is 0 Å². The van der Waals surface area contributed by atoms with Crippen molar-refractivity contribution in [3.05, 3.63) is 48.2 Å². The summed E-state index contributed by atoms with van der Waals surface area (Å²) in [6.45, 7) is 3.75. The standard InChI is InChI=1S/C15H18O4/c1-11-15(14(8-9-17-11)19-12(2)16)18-10-13-6-4-3-5-7-13/h3-9,11,14-15H,10H2,1-2H3/t11-,14-,15-/m0/s1. The van der Waals surface area contributed by atoms with Crippen LogP contribution in [0, 0.1) is 0 Å². The van der Waals surface area contributed by atoms with Crippen molar-refractivity contribution in [2.75, 3.05) is 0 Å². The summed E-state index contributed by atoms with van der Waals surface area (Å²) < 4.78 is 16.5. The van der Waals surface area contributed by atoms with Crippen molar-refractivity contribution in [1.82, 2.24) is 0 Å². The van der Waals surface area contributed by atoms with E-state index in [2.05, 4.69) is 0 Å². The number of ether oxygens (including phenoxy) is 3. The molecule has 4 nitrogen and oxygen atoms in total. The molecule has 0 bridgehead atoms. The van der Waals surface area contributed by atoms with Crippen LogP contribution in [0.2, 0.25) is 0 Å². The second-order valence-electron chi connectivity index (χ2n) is 4.51. The minimum atomic E-state index is -0.398. The van der Waals surface area contributed by atoms with Crippen LogP contribution in [0.5, 0.6) is 0 Å². The maximum Gasteiger partial charge on any atom is 0.303 e. The molecule has 1 aliphatic rings. The molecule has 4 heteroatoms. The predicted molar refractivity (Wildman–Crippen MR) is 70.3 cm³/mol. The summed E-state index contributed by atoms with van der Waals surface area (Å²) in [7, 11) is 0. The Labute approximate surface area is 113 Å². The van der Waals surface area contributed by atoms with Gasteiger partial charge in [0.1, 0.15) is 12.2 Å². The van der Waals surface area contributed by atoms with Gasteiger partial charge in [-0.15, -0.1) is 0 Å². The van der Waals surface area contributed by atoms with Gasteiger partial charge in [-0.3, -0.25) is 4.79 Å². The maximum absolute atomic E-state index is 11.1. The van der Waals surface area contributed by atoms with E-state index in [0.717, 1.165) is 5.56 Å². The van der Waals surface area contributed by atoms with Crippen molar-refractivity contribution in [1.29, 1.82) is 0 Å². The molecule has 19 heavy (non-hydrogen) atoms. The van der Waals surface area contributed by atoms with Gasteiger partial charge < -0.3 is 14.2 Å². The first-order chi connectivity index (χ1) is 9.16. The third-order valence-corrected chi connectivity index (χ3v) is 2.94. The zero-order valence-corrected chi connectivity index (χ0v) is 11.1. The molecular weight excluding hydrogens is 244 g/mol. The highest BCUT2D eigenvalue weighted by molar-refractivity contribution is 5.66. The summed E-state index contributed by atoms with van der Waals surface area (Å²) in [4.78, 5) is 11.1. The Kier molecular flexibility index (Phi) is 4.58. The monoisotopic (exact) mass is 262 g/mol. The highest BCUT2D eigenvalue weighted by Gasteiger charge is 2.32. The Hall–Kier alpha value is -1.81. The first-order valence-corrected chi connectivity index (χ1v) is 6.31. The molecule has 1 heterocycles. The molecule has 0 spiro atoms. The van der Waals surface area contributed by atoms with Crippen LogP contribution in [0.25, 0.3) is 0 Å². The lowest BCUT2D eigenvalue weighted by Crippen LogP contribution is -2.42. The summed E-state index contributed by atoms with van der Waals surface area (Å²) in [6.07, 6.45) is 2.41. The fourth-order valence-electron chi connectivity index (χ4n) is 2.00. The van der Waals surface area contributed by atoms with E-state index in [4.69, 9.17) is 14.2 Å². The second kappa shape index (κ2) is 6.38. The lowest BCUT2D eigenvalue weighted by molar-refractivity contribution is -0.161. The van der Waals surface area contributed by atoms with Crippen molar-refractivity contribution in [2.45, 2.75) is 38.8 Å². The van der Waals surface area contributed by atoms with Gasteiger partial charge in [-0.25, -0.2) is 0 Å². The normalized spacial score (nSPS) is 25.7. The van der Waals surface area contributed by atoms with E-state index < -0.39 is 6.10 Å². The molecule has 0 N–H and O–H groups in total. The smallest absolute Gasteiger partial charge is 0.303 e. The van der Waals surface area contributed by atoms with Gasteiger partial charge in [-0.05, 0) is 18.6 Å². The number of carbonyl (C=O) groups excluding carboxylic acids is 1. The number of rotatable bonds is 4. The predicted octanol–water partition coefficient (Wildman–Crippen LogP) is 2.44. The molecule has 0 amide bonds. The topological polar surface area (TPSA) is 44.8 Å². The van der Waals surface area contributed by atoms with Crippen LogP contribution in [0.4, 0.5) is 0 Å². The van der Waals surface area contributed by atoms with E-state index >= 15 is 0 Å². The van der Waals surface area contributed by atoms with Gasteiger partial charge in [0.15, 0.2) is 6.10 Å². The minimum Gasteiger partial charge on any atom is -0.496 e. The third-order valence-electron chi connectivity index (χ3n) is 2.94. The van der Waals surface area contributed by atoms with Crippen LogP contribution >= 0.6 is 0 Å². The minimum absolute atomic E-state index is 0.155. The summed E-state index contributed by atoms with van der Waals surface area (Å²) in [5.74, 6) is -0.322. The summed E-state index contributed by atoms with van der Waals surface area (Å²) in [5, 5.41) is 0. The van der Waals surface area contributed by atoms with E-state index in [-0.39, 0.29) is 18.2 Å². The fourth-order valence-corrected chi connectivity index (χ4v) is 2.00. The van der Waals surface area contributed by atoms with Gasteiger partial charge in [-0.1, -0.05) is 30.3 Å². The maximum atomic E-state index is 11.1. The van der Waals surface area contributed by atoms with E-state index in [1.54, 1.807) is 12.3 Å². The first-order valence-electron chi connectivity index (χ1n) is 6.31. The van der Waals surface area contributed by atoms with Gasteiger partial charge in [0.2, 0.25) is 0 Å². The molecule has 0 unspecified atom stereocenters. The van der Waals surface area contributed by atoms with Gasteiger partial charge in [0.05, 0.1) is 12.9 Å². The van der Waals surface area contributed by atoms with E-state index in [1.807, 2.05) is 37.3 Å². The zero-order valence-electron chi connectivity index (χ0n) is 11.1. The van der Waals surface area contributed by atoms with Crippen LogP contribution in [-0.4, -0.2) is 24.3 Å². The third kappa shape index (κ3) is 3.83. The Morgan fingerprint density at radius 1 is 1.32 bits per heavy atom. The van der Waals surface area contributed by atoms with Crippen LogP contribution in [0.1, 0.15) is 19.4 Å². The molecule has 1 aromatic carbocycles. The molecule has 0 fully saturated rings. The van der Waals surface area contributed by atoms with E-state index in [0.29, 0.717) is 6.61 Å². The Morgan fingerprint density at radius 2 is 2.05 bits per heavy atom. The number of benzene rings is 1. The number of esters is 1. The number of hydrogen-bond acceptors (Lipinski definition) is 4. The van der Waals surface area contributed by atoms with Crippen molar-refractivity contribution in [2.24, 2.45) is 0 Å². The summed E-state index contributed by atoms with van der Waals surface area (Å²) in [6, 6.07) is 9.86. The molecule has 3 atom stereocenters.